The number of carbonyl (C=O) groups excluding carboxylic acids is 1. The minimum atomic E-state index is -0.250. The SMILES string of the molecule is Cc1ccn2c(NC(=O)c3cccc(Cn4nc(C)cc4C)c3)nnc2n1. The van der Waals surface area contributed by atoms with Crippen molar-refractivity contribution in [2.75, 3.05) is 5.32 Å². The zero-order valence-electron chi connectivity index (χ0n) is 15.3. The summed E-state index contributed by atoms with van der Waals surface area (Å²) >= 11 is 0. The lowest BCUT2D eigenvalue weighted by atomic mass is 10.1. The molecule has 0 aliphatic carbocycles. The Morgan fingerprint density at radius 1 is 1.07 bits per heavy atom. The van der Waals surface area contributed by atoms with Gasteiger partial charge < -0.3 is 0 Å². The number of fused-ring (bicyclic) bond motifs is 1. The smallest absolute Gasteiger partial charge is 0.258 e. The van der Waals surface area contributed by atoms with Gasteiger partial charge in [-0.2, -0.15) is 5.10 Å². The maximum atomic E-state index is 12.7. The van der Waals surface area contributed by atoms with Gasteiger partial charge in [0.25, 0.3) is 11.7 Å². The van der Waals surface area contributed by atoms with E-state index in [2.05, 4.69) is 25.6 Å². The van der Waals surface area contributed by atoms with Crippen LogP contribution in [0.2, 0.25) is 0 Å². The van der Waals surface area contributed by atoms with Gasteiger partial charge in [0.15, 0.2) is 0 Å². The third kappa shape index (κ3) is 3.41. The molecule has 0 saturated heterocycles. The van der Waals surface area contributed by atoms with Crippen LogP contribution < -0.4 is 5.32 Å². The molecule has 0 unspecified atom stereocenters. The van der Waals surface area contributed by atoms with E-state index in [1.807, 2.05) is 55.8 Å². The summed E-state index contributed by atoms with van der Waals surface area (Å²) in [6.45, 7) is 6.47. The Labute approximate surface area is 155 Å². The maximum absolute atomic E-state index is 12.7. The molecule has 0 spiro atoms. The Hall–Kier alpha value is -3.55. The number of anilines is 1. The zero-order chi connectivity index (χ0) is 19.0. The second kappa shape index (κ2) is 6.64. The molecule has 0 aliphatic heterocycles. The molecule has 0 fully saturated rings. The van der Waals surface area contributed by atoms with Gasteiger partial charge in [-0.05, 0) is 50.6 Å². The van der Waals surface area contributed by atoms with Crippen LogP contribution >= 0.6 is 0 Å². The van der Waals surface area contributed by atoms with Gasteiger partial charge in [-0.1, -0.05) is 12.1 Å². The maximum Gasteiger partial charge on any atom is 0.258 e. The molecule has 27 heavy (non-hydrogen) atoms. The number of benzene rings is 1. The predicted octanol–water partition coefficient (Wildman–Crippen LogP) is 2.55. The van der Waals surface area contributed by atoms with Gasteiger partial charge in [0, 0.05) is 23.1 Å². The van der Waals surface area contributed by atoms with Crippen molar-refractivity contribution >= 4 is 17.6 Å². The van der Waals surface area contributed by atoms with Gasteiger partial charge in [0.1, 0.15) is 0 Å². The molecule has 1 N–H and O–H groups in total. The molecule has 0 radical (unpaired) electrons. The van der Waals surface area contributed by atoms with Crippen LogP contribution in [-0.2, 0) is 6.54 Å². The van der Waals surface area contributed by atoms with E-state index in [4.69, 9.17) is 0 Å². The fourth-order valence-corrected chi connectivity index (χ4v) is 2.95. The Kier molecular flexibility index (Phi) is 4.15. The van der Waals surface area contributed by atoms with E-state index < -0.39 is 0 Å². The Balaban J connectivity index is 1.56. The first kappa shape index (κ1) is 16.9. The molecular weight excluding hydrogens is 342 g/mol. The summed E-state index contributed by atoms with van der Waals surface area (Å²) in [6, 6.07) is 11.3. The summed E-state index contributed by atoms with van der Waals surface area (Å²) < 4.78 is 3.57. The summed E-state index contributed by atoms with van der Waals surface area (Å²) in [7, 11) is 0. The van der Waals surface area contributed by atoms with Crippen LogP contribution in [0.25, 0.3) is 5.78 Å². The number of hydrogen-bond donors (Lipinski definition) is 1. The minimum absolute atomic E-state index is 0.250. The predicted molar refractivity (Wildman–Crippen MR) is 101 cm³/mol. The summed E-state index contributed by atoms with van der Waals surface area (Å²) in [5.74, 6) is 0.537. The fraction of sp³-hybridized carbons (Fsp3) is 0.211. The van der Waals surface area contributed by atoms with Crippen LogP contribution in [0.1, 0.15) is 33.0 Å². The fourth-order valence-electron chi connectivity index (χ4n) is 2.95. The van der Waals surface area contributed by atoms with Crippen molar-refractivity contribution in [2.24, 2.45) is 0 Å². The van der Waals surface area contributed by atoms with Crippen LogP contribution in [0.3, 0.4) is 0 Å². The first-order chi connectivity index (χ1) is 13.0. The van der Waals surface area contributed by atoms with Gasteiger partial charge in [-0.25, -0.2) is 4.98 Å². The number of carbonyl (C=O) groups is 1. The molecule has 3 heterocycles. The van der Waals surface area contributed by atoms with E-state index in [0.717, 1.165) is 22.6 Å². The molecular formula is C19H19N7O. The standard InChI is InChI=1S/C19H19N7O/c1-12-7-8-25-18(20-12)22-23-19(25)21-17(27)16-6-4-5-15(10-16)11-26-14(3)9-13(2)24-26/h4-10H,11H2,1-3H3,(H,21,23,27). The molecule has 8 nitrogen and oxygen atoms in total. The van der Waals surface area contributed by atoms with Crippen LogP contribution in [0.5, 0.6) is 0 Å². The zero-order valence-corrected chi connectivity index (χ0v) is 15.3. The molecule has 4 rings (SSSR count). The van der Waals surface area contributed by atoms with Gasteiger partial charge in [0.2, 0.25) is 5.95 Å². The van der Waals surface area contributed by atoms with E-state index in [1.165, 1.54) is 0 Å². The lowest BCUT2D eigenvalue weighted by molar-refractivity contribution is 0.102. The lowest BCUT2D eigenvalue weighted by Crippen LogP contribution is -2.15. The summed E-state index contributed by atoms with van der Waals surface area (Å²) in [4.78, 5) is 16.9. The number of rotatable bonds is 4. The lowest BCUT2D eigenvalue weighted by Gasteiger charge is -2.08. The summed E-state index contributed by atoms with van der Waals surface area (Å²) in [5.41, 5.74) is 4.44. The second-order valence-corrected chi connectivity index (χ2v) is 6.50. The molecule has 1 amide bonds. The third-order valence-electron chi connectivity index (χ3n) is 4.27. The molecule has 3 aromatic heterocycles. The number of nitrogens with one attached hydrogen (secondary N) is 1. The normalized spacial score (nSPS) is 11.1. The van der Waals surface area contributed by atoms with E-state index in [0.29, 0.717) is 23.8 Å². The van der Waals surface area contributed by atoms with Crippen molar-refractivity contribution in [3.63, 3.8) is 0 Å². The average molecular weight is 361 g/mol. The van der Waals surface area contributed by atoms with Crippen molar-refractivity contribution in [3.8, 4) is 0 Å². The number of amides is 1. The minimum Gasteiger partial charge on any atom is -0.290 e. The molecule has 0 aliphatic rings. The van der Waals surface area contributed by atoms with Crippen LogP contribution in [-0.4, -0.2) is 35.3 Å². The van der Waals surface area contributed by atoms with Crippen LogP contribution in [0.15, 0.2) is 42.6 Å². The molecule has 1 aromatic carbocycles. The van der Waals surface area contributed by atoms with Crippen molar-refractivity contribution in [3.05, 3.63) is 70.8 Å². The average Bonchev–Trinajstić information content (AvgIpc) is 3.17. The monoisotopic (exact) mass is 361 g/mol. The first-order valence-corrected chi connectivity index (χ1v) is 8.59. The highest BCUT2D eigenvalue weighted by Gasteiger charge is 2.13. The Morgan fingerprint density at radius 3 is 2.70 bits per heavy atom. The van der Waals surface area contributed by atoms with E-state index in [1.54, 1.807) is 16.7 Å². The largest absolute Gasteiger partial charge is 0.290 e. The highest BCUT2D eigenvalue weighted by molar-refractivity contribution is 6.03. The molecule has 0 bridgehead atoms. The summed E-state index contributed by atoms with van der Waals surface area (Å²) in [5, 5.41) is 15.3. The molecule has 0 atom stereocenters. The molecule has 4 aromatic rings. The van der Waals surface area contributed by atoms with Crippen molar-refractivity contribution in [2.45, 2.75) is 27.3 Å². The van der Waals surface area contributed by atoms with Crippen molar-refractivity contribution in [1.29, 1.82) is 0 Å². The van der Waals surface area contributed by atoms with Gasteiger partial charge in [-0.15, -0.1) is 10.2 Å². The Morgan fingerprint density at radius 2 is 1.93 bits per heavy atom. The Bertz CT molecular complexity index is 1140. The van der Waals surface area contributed by atoms with Gasteiger partial charge in [0.05, 0.1) is 12.2 Å². The van der Waals surface area contributed by atoms with Crippen LogP contribution in [0.4, 0.5) is 5.95 Å². The number of aryl methyl sites for hydroxylation is 3. The van der Waals surface area contributed by atoms with Crippen LogP contribution in [0, 0.1) is 20.8 Å². The quantitative estimate of drug-likeness (QED) is 0.603. The third-order valence-corrected chi connectivity index (χ3v) is 4.27. The highest BCUT2D eigenvalue weighted by Crippen LogP contribution is 2.13. The number of hydrogen-bond acceptors (Lipinski definition) is 5. The number of nitrogens with zero attached hydrogens (tertiary/aromatic N) is 6. The second-order valence-electron chi connectivity index (χ2n) is 6.50. The topological polar surface area (TPSA) is 90.0 Å². The van der Waals surface area contributed by atoms with E-state index in [-0.39, 0.29) is 5.91 Å². The van der Waals surface area contributed by atoms with Crippen molar-refractivity contribution in [1.82, 2.24) is 29.4 Å². The first-order valence-electron chi connectivity index (χ1n) is 8.59. The van der Waals surface area contributed by atoms with Gasteiger partial charge >= 0.3 is 0 Å². The molecule has 136 valence electrons. The summed E-state index contributed by atoms with van der Waals surface area (Å²) in [6.07, 6.45) is 1.78. The molecule has 0 saturated carbocycles. The van der Waals surface area contributed by atoms with E-state index >= 15 is 0 Å². The highest BCUT2D eigenvalue weighted by atomic mass is 16.1. The van der Waals surface area contributed by atoms with Gasteiger partial charge in [-0.3, -0.25) is 19.2 Å². The number of aromatic nitrogens is 6. The van der Waals surface area contributed by atoms with E-state index in [9.17, 15) is 4.79 Å². The molecule has 8 heteroatoms. The van der Waals surface area contributed by atoms with Crippen molar-refractivity contribution < 1.29 is 4.79 Å².